The molecule has 1 heterocycles. The minimum absolute atomic E-state index is 0.157. The summed E-state index contributed by atoms with van der Waals surface area (Å²) in [6.07, 6.45) is 3.87. The molecule has 1 aromatic heterocycles. The van der Waals surface area contributed by atoms with Crippen LogP contribution in [0.25, 0.3) is 0 Å². The van der Waals surface area contributed by atoms with Crippen LogP contribution < -0.4 is 5.32 Å². The fourth-order valence-electron chi connectivity index (χ4n) is 2.09. The Balaban J connectivity index is 1.93. The monoisotopic (exact) mass is 273 g/mol. The summed E-state index contributed by atoms with van der Waals surface area (Å²) in [5.41, 5.74) is 1.75. The molecule has 1 N–H and O–H groups in total. The minimum atomic E-state index is -0.332. The van der Waals surface area contributed by atoms with Gasteiger partial charge in [-0.2, -0.15) is 0 Å². The molecule has 0 aliphatic heterocycles. The molecule has 0 saturated heterocycles. The number of hydrogen-bond acceptors (Lipinski definition) is 3. The maximum atomic E-state index is 14.0. The average molecular weight is 273 g/mol. The molecule has 106 valence electrons. The van der Waals surface area contributed by atoms with E-state index in [2.05, 4.69) is 27.4 Å². The lowest BCUT2D eigenvalue weighted by Gasteiger charge is -2.15. The van der Waals surface area contributed by atoms with E-state index >= 15 is 0 Å². The van der Waals surface area contributed by atoms with Gasteiger partial charge < -0.3 is 5.32 Å². The van der Waals surface area contributed by atoms with E-state index in [1.54, 1.807) is 0 Å². The Morgan fingerprint density at radius 3 is 2.65 bits per heavy atom. The molecule has 0 spiro atoms. The molecule has 2 aromatic rings. The molecule has 0 aliphatic carbocycles. The zero-order valence-corrected chi connectivity index (χ0v) is 11.9. The third-order valence-electron chi connectivity index (χ3n) is 3.29. The number of halogens is 1. The lowest BCUT2D eigenvalue weighted by atomic mass is 10.1. The third-order valence-corrected chi connectivity index (χ3v) is 3.29. The number of hydrogen-bond donors (Lipinski definition) is 1. The molecule has 3 nitrogen and oxygen atoms in total. The maximum Gasteiger partial charge on any atom is 0.186 e. The number of anilines is 1. The molecular weight excluding hydrogens is 253 g/mol. The predicted molar refractivity (Wildman–Crippen MR) is 79.2 cm³/mol. The Morgan fingerprint density at radius 2 is 1.95 bits per heavy atom. The number of nitrogens with one attached hydrogen (secondary N) is 1. The maximum absolute atomic E-state index is 14.0. The summed E-state index contributed by atoms with van der Waals surface area (Å²) in [6, 6.07) is 10.4. The van der Waals surface area contributed by atoms with Crippen LogP contribution in [0.2, 0.25) is 0 Å². The summed E-state index contributed by atoms with van der Waals surface area (Å²) >= 11 is 0. The van der Waals surface area contributed by atoms with Crippen molar-refractivity contribution in [1.82, 2.24) is 9.97 Å². The summed E-state index contributed by atoms with van der Waals surface area (Å²) < 4.78 is 14.0. The molecule has 0 fully saturated rings. The first kappa shape index (κ1) is 14.4. The highest BCUT2D eigenvalue weighted by atomic mass is 19.1. The van der Waals surface area contributed by atoms with Crippen LogP contribution in [-0.2, 0) is 12.8 Å². The zero-order chi connectivity index (χ0) is 14.4. The second-order valence-electron chi connectivity index (χ2n) is 4.91. The van der Waals surface area contributed by atoms with Gasteiger partial charge in [-0.25, -0.2) is 14.4 Å². The van der Waals surface area contributed by atoms with Crippen molar-refractivity contribution in [3.8, 4) is 0 Å². The first-order valence-corrected chi connectivity index (χ1v) is 7.00. The fraction of sp³-hybridized carbons (Fsp3) is 0.375. The standard InChI is InChI=1S/C16H20FN3/c1-3-14-15(17)16(19-11-18-14)20-12(2)9-10-13-7-5-4-6-8-13/h4-8,11-12H,3,9-10H2,1-2H3,(H,18,19,20). The van der Waals surface area contributed by atoms with E-state index in [-0.39, 0.29) is 11.9 Å². The Kier molecular flexibility index (Phi) is 5.04. The van der Waals surface area contributed by atoms with Gasteiger partial charge >= 0.3 is 0 Å². The van der Waals surface area contributed by atoms with Gasteiger partial charge in [-0.05, 0) is 31.7 Å². The van der Waals surface area contributed by atoms with Gasteiger partial charge in [0.05, 0.1) is 5.69 Å². The van der Waals surface area contributed by atoms with E-state index in [4.69, 9.17) is 0 Å². The van der Waals surface area contributed by atoms with Gasteiger partial charge in [0, 0.05) is 6.04 Å². The first-order chi connectivity index (χ1) is 9.70. The largest absolute Gasteiger partial charge is 0.365 e. The molecule has 0 bridgehead atoms. The van der Waals surface area contributed by atoms with Crippen molar-refractivity contribution in [1.29, 1.82) is 0 Å². The summed E-state index contributed by atoms with van der Waals surface area (Å²) in [5.74, 6) is -0.0287. The molecule has 1 atom stereocenters. The van der Waals surface area contributed by atoms with Gasteiger partial charge in [0.25, 0.3) is 0 Å². The van der Waals surface area contributed by atoms with Crippen LogP contribution in [0.4, 0.5) is 10.2 Å². The fourth-order valence-corrected chi connectivity index (χ4v) is 2.09. The van der Waals surface area contributed by atoms with Crippen molar-refractivity contribution in [3.05, 3.63) is 53.7 Å². The Morgan fingerprint density at radius 1 is 1.20 bits per heavy atom. The van der Waals surface area contributed by atoms with Crippen LogP contribution in [0.3, 0.4) is 0 Å². The number of aryl methyl sites for hydroxylation is 2. The normalized spacial score (nSPS) is 12.2. The second kappa shape index (κ2) is 6.98. The Hall–Kier alpha value is -1.97. The van der Waals surface area contributed by atoms with Crippen molar-refractivity contribution >= 4 is 5.82 Å². The van der Waals surface area contributed by atoms with Crippen LogP contribution in [-0.4, -0.2) is 16.0 Å². The molecule has 0 aliphatic rings. The third kappa shape index (κ3) is 3.76. The molecular formula is C16H20FN3. The van der Waals surface area contributed by atoms with Crippen molar-refractivity contribution in [2.75, 3.05) is 5.32 Å². The molecule has 20 heavy (non-hydrogen) atoms. The Labute approximate surface area is 119 Å². The van der Waals surface area contributed by atoms with Crippen molar-refractivity contribution in [2.45, 2.75) is 39.2 Å². The summed E-state index contributed by atoms with van der Waals surface area (Å²) in [4.78, 5) is 7.92. The van der Waals surface area contributed by atoms with Gasteiger partial charge in [0.1, 0.15) is 6.33 Å². The van der Waals surface area contributed by atoms with Crippen molar-refractivity contribution in [3.63, 3.8) is 0 Å². The van der Waals surface area contributed by atoms with Crippen molar-refractivity contribution < 1.29 is 4.39 Å². The topological polar surface area (TPSA) is 37.8 Å². The lowest BCUT2D eigenvalue weighted by Crippen LogP contribution is -2.18. The molecule has 1 aromatic carbocycles. The van der Waals surface area contributed by atoms with E-state index in [0.29, 0.717) is 17.9 Å². The average Bonchev–Trinajstić information content (AvgIpc) is 2.48. The molecule has 1 unspecified atom stereocenters. The van der Waals surface area contributed by atoms with Crippen molar-refractivity contribution in [2.24, 2.45) is 0 Å². The smallest absolute Gasteiger partial charge is 0.186 e. The summed E-state index contributed by atoms with van der Waals surface area (Å²) in [5, 5.41) is 3.13. The number of aromatic nitrogens is 2. The Bertz CT molecular complexity index is 543. The van der Waals surface area contributed by atoms with Gasteiger partial charge in [-0.1, -0.05) is 37.3 Å². The second-order valence-corrected chi connectivity index (χ2v) is 4.91. The van der Waals surface area contributed by atoms with Gasteiger partial charge in [-0.15, -0.1) is 0 Å². The van der Waals surface area contributed by atoms with E-state index in [1.165, 1.54) is 11.9 Å². The molecule has 0 saturated carbocycles. The van der Waals surface area contributed by atoms with Gasteiger partial charge in [0.2, 0.25) is 0 Å². The van der Waals surface area contributed by atoms with Crippen LogP contribution in [0.15, 0.2) is 36.7 Å². The summed E-state index contributed by atoms with van der Waals surface area (Å²) in [7, 11) is 0. The number of benzene rings is 1. The SMILES string of the molecule is CCc1ncnc(NC(C)CCc2ccccc2)c1F. The highest BCUT2D eigenvalue weighted by Crippen LogP contribution is 2.15. The zero-order valence-electron chi connectivity index (χ0n) is 11.9. The predicted octanol–water partition coefficient (Wildman–Crippen LogP) is 3.61. The number of nitrogens with zero attached hydrogens (tertiary/aromatic N) is 2. The van der Waals surface area contributed by atoms with E-state index in [1.807, 2.05) is 32.0 Å². The summed E-state index contributed by atoms with van der Waals surface area (Å²) in [6.45, 7) is 3.92. The highest BCUT2D eigenvalue weighted by molar-refractivity contribution is 5.38. The molecule has 0 radical (unpaired) electrons. The minimum Gasteiger partial charge on any atom is -0.365 e. The van der Waals surface area contributed by atoms with Gasteiger partial charge in [-0.3, -0.25) is 0 Å². The lowest BCUT2D eigenvalue weighted by molar-refractivity contribution is 0.589. The number of rotatable bonds is 6. The molecule has 0 amide bonds. The molecule has 4 heteroatoms. The highest BCUT2D eigenvalue weighted by Gasteiger charge is 2.11. The first-order valence-electron chi connectivity index (χ1n) is 7.00. The van der Waals surface area contributed by atoms with E-state index in [0.717, 1.165) is 12.8 Å². The van der Waals surface area contributed by atoms with E-state index < -0.39 is 0 Å². The quantitative estimate of drug-likeness (QED) is 0.873. The van der Waals surface area contributed by atoms with Crippen LogP contribution in [0.1, 0.15) is 31.5 Å². The van der Waals surface area contributed by atoms with Gasteiger partial charge in [0.15, 0.2) is 11.6 Å². The van der Waals surface area contributed by atoms with Crippen LogP contribution >= 0.6 is 0 Å². The molecule has 2 rings (SSSR count). The van der Waals surface area contributed by atoms with E-state index in [9.17, 15) is 4.39 Å². The van der Waals surface area contributed by atoms with Crippen LogP contribution in [0.5, 0.6) is 0 Å². The van der Waals surface area contributed by atoms with Crippen LogP contribution in [0, 0.1) is 5.82 Å².